The minimum atomic E-state index is -0.788. The van der Waals surface area contributed by atoms with Crippen molar-refractivity contribution in [2.24, 2.45) is 0 Å². The lowest BCUT2D eigenvalue weighted by Crippen LogP contribution is -2.04. The van der Waals surface area contributed by atoms with Crippen LogP contribution in [-0.4, -0.2) is 35.2 Å². The molecule has 4 nitrogen and oxygen atoms in total. The zero-order valence-corrected chi connectivity index (χ0v) is 9.66. The van der Waals surface area contributed by atoms with Gasteiger partial charge in [-0.1, -0.05) is 21.6 Å². The molecule has 0 aromatic rings. The zero-order chi connectivity index (χ0) is 10.8. The van der Waals surface area contributed by atoms with Gasteiger partial charge in [-0.05, 0) is 6.92 Å². The number of rotatable bonds is 8. The average molecular weight is 238 g/mol. The molecule has 0 amide bonds. The van der Waals surface area contributed by atoms with Crippen molar-refractivity contribution >= 4 is 33.5 Å². The molecule has 0 atom stereocenters. The van der Waals surface area contributed by atoms with Crippen LogP contribution in [-0.2, 0) is 14.3 Å². The summed E-state index contributed by atoms with van der Waals surface area (Å²) in [6.45, 7) is 2.18. The summed E-state index contributed by atoms with van der Waals surface area (Å²) < 4.78 is 4.73. The second-order valence-electron chi connectivity index (χ2n) is 2.34. The molecule has 0 fully saturated rings. The van der Waals surface area contributed by atoms with Gasteiger partial charge in [0.25, 0.3) is 0 Å². The first kappa shape index (κ1) is 13.6. The van der Waals surface area contributed by atoms with Crippen LogP contribution in [0.3, 0.4) is 0 Å². The Hall–Kier alpha value is -0.360. The second-order valence-corrected chi connectivity index (χ2v) is 5.04. The lowest BCUT2D eigenvalue weighted by Gasteiger charge is -2.00. The molecular formula is C8H14O4S2. The zero-order valence-electron chi connectivity index (χ0n) is 8.02. The van der Waals surface area contributed by atoms with Crippen LogP contribution in [0, 0.1) is 0 Å². The molecule has 0 aliphatic carbocycles. The van der Waals surface area contributed by atoms with Crippen LogP contribution in [0.2, 0.25) is 0 Å². The fraction of sp³-hybridized carbons (Fsp3) is 0.750. The number of carbonyl (C=O) groups excluding carboxylic acids is 1. The maximum Gasteiger partial charge on any atom is 0.306 e. The fourth-order valence-electron chi connectivity index (χ4n) is 0.605. The normalized spacial score (nSPS) is 9.79. The summed E-state index contributed by atoms with van der Waals surface area (Å²) >= 11 is 0. The Morgan fingerprint density at radius 2 is 1.79 bits per heavy atom. The molecule has 0 aromatic carbocycles. The Morgan fingerprint density at radius 3 is 2.29 bits per heavy atom. The number of aliphatic carboxylic acids is 1. The van der Waals surface area contributed by atoms with Gasteiger partial charge in [-0.15, -0.1) is 0 Å². The second kappa shape index (κ2) is 9.21. The van der Waals surface area contributed by atoms with Crippen molar-refractivity contribution in [2.45, 2.75) is 19.8 Å². The van der Waals surface area contributed by atoms with Gasteiger partial charge in [0.15, 0.2) is 0 Å². The van der Waals surface area contributed by atoms with E-state index in [1.54, 1.807) is 6.92 Å². The van der Waals surface area contributed by atoms with Crippen molar-refractivity contribution in [1.29, 1.82) is 0 Å². The largest absolute Gasteiger partial charge is 0.481 e. The SMILES string of the molecule is CCOC(=O)CCSSCCC(=O)O. The molecule has 0 spiro atoms. The number of carboxylic acids is 1. The molecule has 82 valence electrons. The van der Waals surface area contributed by atoms with Gasteiger partial charge in [-0.2, -0.15) is 0 Å². The van der Waals surface area contributed by atoms with E-state index in [4.69, 9.17) is 9.84 Å². The molecule has 0 radical (unpaired) electrons. The summed E-state index contributed by atoms with van der Waals surface area (Å²) in [6.07, 6.45) is 0.551. The molecule has 0 aromatic heterocycles. The van der Waals surface area contributed by atoms with E-state index in [0.717, 1.165) is 0 Å². The first-order valence-corrected chi connectivity index (χ1v) is 6.77. The number of esters is 1. The fourth-order valence-corrected chi connectivity index (χ4v) is 2.56. The van der Waals surface area contributed by atoms with Gasteiger partial charge in [0.2, 0.25) is 0 Å². The first-order chi connectivity index (χ1) is 6.66. The number of carbonyl (C=O) groups is 2. The molecule has 0 rings (SSSR count). The third-order valence-electron chi connectivity index (χ3n) is 1.18. The van der Waals surface area contributed by atoms with E-state index in [0.29, 0.717) is 24.5 Å². The Labute approximate surface area is 91.2 Å². The van der Waals surface area contributed by atoms with Crippen LogP contribution in [0.1, 0.15) is 19.8 Å². The molecule has 14 heavy (non-hydrogen) atoms. The maximum atomic E-state index is 10.8. The monoisotopic (exact) mass is 238 g/mol. The van der Waals surface area contributed by atoms with E-state index in [1.165, 1.54) is 21.6 Å². The topological polar surface area (TPSA) is 63.6 Å². The molecule has 0 saturated carbocycles. The quantitative estimate of drug-likeness (QED) is 0.395. The van der Waals surface area contributed by atoms with Gasteiger partial charge >= 0.3 is 11.9 Å². The lowest BCUT2D eigenvalue weighted by molar-refractivity contribution is -0.142. The van der Waals surface area contributed by atoms with Gasteiger partial charge in [-0.25, -0.2) is 0 Å². The van der Waals surface area contributed by atoms with Crippen molar-refractivity contribution in [3.05, 3.63) is 0 Å². The van der Waals surface area contributed by atoms with E-state index in [1.807, 2.05) is 0 Å². The van der Waals surface area contributed by atoms with Gasteiger partial charge < -0.3 is 9.84 Å². The molecule has 0 bridgehead atoms. The number of hydrogen-bond acceptors (Lipinski definition) is 5. The van der Waals surface area contributed by atoms with Crippen LogP contribution in [0.5, 0.6) is 0 Å². The lowest BCUT2D eigenvalue weighted by atomic mass is 10.5. The Bertz CT molecular complexity index is 184. The van der Waals surface area contributed by atoms with E-state index in [9.17, 15) is 9.59 Å². The van der Waals surface area contributed by atoms with E-state index in [2.05, 4.69) is 0 Å². The van der Waals surface area contributed by atoms with Gasteiger partial charge in [0.1, 0.15) is 0 Å². The highest BCUT2D eigenvalue weighted by atomic mass is 33.1. The smallest absolute Gasteiger partial charge is 0.306 e. The van der Waals surface area contributed by atoms with Gasteiger partial charge in [0.05, 0.1) is 19.4 Å². The Balaban J connectivity index is 3.13. The van der Waals surface area contributed by atoms with Crippen molar-refractivity contribution in [3.63, 3.8) is 0 Å². The third kappa shape index (κ3) is 9.73. The highest BCUT2D eigenvalue weighted by Crippen LogP contribution is 2.22. The number of carboxylic acid groups (broad SMARTS) is 1. The van der Waals surface area contributed by atoms with Crippen molar-refractivity contribution in [3.8, 4) is 0 Å². The minimum Gasteiger partial charge on any atom is -0.481 e. The van der Waals surface area contributed by atoms with Crippen molar-refractivity contribution < 1.29 is 19.4 Å². The molecule has 6 heteroatoms. The summed E-state index contributed by atoms with van der Waals surface area (Å²) in [5.74, 6) is 0.258. The highest BCUT2D eigenvalue weighted by Gasteiger charge is 2.02. The standard InChI is InChI=1S/C8H14O4S2/c1-2-12-8(11)4-6-14-13-5-3-7(9)10/h2-6H2,1H3,(H,9,10). The molecule has 0 unspecified atom stereocenters. The number of ether oxygens (including phenoxy) is 1. The predicted octanol–water partition coefficient (Wildman–Crippen LogP) is 1.80. The highest BCUT2D eigenvalue weighted by molar-refractivity contribution is 8.76. The van der Waals surface area contributed by atoms with Crippen LogP contribution in [0.4, 0.5) is 0 Å². The van der Waals surface area contributed by atoms with Crippen LogP contribution >= 0.6 is 21.6 Å². The van der Waals surface area contributed by atoms with Crippen LogP contribution < -0.4 is 0 Å². The summed E-state index contributed by atoms with van der Waals surface area (Å²) in [5.41, 5.74) is 0. The molecule has 0 aliphatic rings. The Morgan fingerprint density at radius 1 is 1.21 bits per heavy atom. The van der Waals surface area contributed by atoms with Crippen molar-refractivity contribution in [2.75, 3.05) is 18.1 Å². The summed E-state index contributed by atoms with van der Waals surface area (Å²) in [6, 6.07) is 0. The van der Waals surface area contributed by atoms with Gasteiger partial charge in [0, 0.05) is 11.5 Å². The predicted molar refractivity (Wildman–Crippen MR) is 58.4 cm³/mol. The molecule has 0 aliphatic heterocycles. The molecule has 1 N–H and O–H groups in total. The van der Waals surface area contributed by atoms with Crippen LogP contribution in [0.15, 0.2) is 0 Å². The summed E-state index contributed by atoms with van der Waals surface area (Å²) in [4.78, 5) is 21.0. The number of hydrogen-bond donors (Lipinski definition) is 1. The average Bonchev–Trinajstić information content (AvgIpc) is 2.11. The molecular weight excluding hydrogens is 224 g/mol. The third-order valence-corrected chi connectivity index (χ3v) is 3.59. The Kier molecular flexibility index (Phi) is 8.97. The summed E-state index contributed by atoms with van der Waals surface area (Å²) in [7, 11) is 2.97. The molecule has 0 heterocycles. The maximum absolute atomic E-state index is 10.8. The molecule has 0 saturated heterocycles. The van der Waals surface area contributed by atoms with Crippen molar-refractivity contribution in [1.82, 2.24) is 0 Å². The van der Waals surface area contributed by atoms with E-state index >= 15 is 0 Å². The first-order valence-electron chi connectivity index (χ1n) is 4.28. The van der Waals surface area contributed by atoms with E-state index in [-0.39, 0.29) is 12.4 Å². The summed E-state index contributed by atoms with van der Waals surface area (Å²) in [5, 5.41) is 8.33. The van der Waals surface area contributed by atoms with Gasteiger partial charge in [-0.3, -0.25) is 9.59 Å². The minimum absolute atomic E-state index is 0.164. The van der Waals surface area contributed by atoms with E-state index < -0.39 is 5.97 Å². The van der Waals surface area contributed by atoms with Crippen LogP contribution in [0.25, 0.3) is 0 Å².